The van der Waals surface area contributed by atoms with Gasteiger partial charge in [0.25, 0.3) is 5.91 Å². The van der Waals surface area contributed by atoms with Crippen LogP contribution >= 0.6 is 22.6 Å². The molecular formula is C18H19IN2O3. The molecule has 1 N–H and O–H groups in total. The number of rotatable bonds is 7. The summed E-state index contributed by atoms with van der Waals surface area (Å²) in [6.45, 7) is 4.95. The van der Waals surface area contributed by atoms with Crippen molar-refractivity contribution in [3.05, 3.63) is 57.2 Å². The predicted molar refractivity (Wildman–Crippen MR) is 103 cm³/mol. The molecule has 0 atom stereocenters. The summed E-state index contributed by atoms with van der Waals surface area (Å²) in [4.78, 5) is 12.0. The van der Waals surface area contributed by atoms with Gasteiger partial charge in [0.05, 0.1) is 19.4 Å². The minimum Gasteiger partial charge on any atom is -0.490 e. The SMILES string of the molecule is CCOc1ccc(/C=N\NC(=O)c2ccc(I)cc2)cc1OCC. The van der Waals surface area contributed by atoms with Crippen LogP contribution in [-0.4, -0.2) is 25.3 Å². The van der Waals surface area contributed by atoms with Crippen LogP contribution in [0.2, 0.25) is 0 Å². The summed E-state index contributed by atoms with van der Waals surface area (Å²) in [7, 11) is 0. The maximum atomic E-state index is 12.0. The molecule has 1 amide bonds. The Labute approximate surface area is 155 Å². The highest BCUT2D eigenvalue weighted by atomic mass is 127. The van der Waals surface area contributed by atoms with Gasteiger partial charge in [0.1, 0.15) is 0 Å². The van der Waals surface area contributed by atoms with E-state index < -0.39 is 0 Å². The van der Waals surface area contributed by atoms with Crippen molar-refractivity contribution in [3.8, 4) is 11.5 Å². The molecule has 5 nitrogen and oxygen atoms in total. The molecule has 2 aromatic rings. The van der Waals surface area contributed by atoms with Crippen LogP contribution in [-0.2, 0) is 0 Å². The summed E-state index contributed by atoms with van der Waals surface area (Å²) in [5.41, 5.74) is 3.89. The molecule has 126 valence electrons. The normalized spacial score (nSPS) is 10.6. The van der Waals surface area contributed by atoms with E-state index in [1.807, 2.05) is 44.2 Å². The molecule has 0 aliphatic heterocycles. The Kier molecular flexibility index (Phi) is 7.05. The molecule has 0 aliphatic carbocycles. The van der Waals surface area contributed by atoms with E-state index in [9.17, 15) is 4.79 Å². The topological polar surface area (TPSA) is 59.9 Å². The molecule has 24 heavy (non-hydrogen) atoms. The Bertz CT molecular complexity index is 715. The average Bonchev–Trinajstić information content (AvgIpc) is 2.58. The van der Waals surface area contributed by atoms with Gasteiger partial charge in [0, 0.05) is 9.13 Å². The third-order valence-corrected chi connectivity index (χ3v) is 3.77. The largest absolute Gasteiger partial charge is 0.490 e. The number of nitrogens with zero attached hydrogens (tertiary/aromatic N) is 1. The first-order valence-corrected chi connectivity index (χ1v) is 8.70. The van der Waals surface area contributed by atoms with Gasteiger partial charge < -0.3 is 9.47 Å². The summed E-state index contributed by atoms with van der Waals surface area (Å²) < 4.78 is 12.2. The third-order valence-electron chi connectivity index (χ3n) is 3.05. The van der Waals surface area contributed by atoms with Crippen molar-refractivity contribution < 1.29 is 14.3 Å². The van der Waals surface area contributed by atoms with Gasteiger partial charge in [-0.25, -0.2) is 5.43 Å². The second-order valence-corrected chi connectivity index (χ2v) is 6.02. The first-order valence-electron chi connectivity index (χ1n) is 7.62. The number of amides is 1. The lowest BCUT2D eigenvalue weighted by Crippen LogP contribution is -2.17. The maximum absolute atomic E-state index is 12.0. The Balaban J connectivity index is 2.04. The van der Waals surface area contributed by atoms with Crippen LogP contribution in [0.4, 0.5) is 0 Å². The number of hydrazone groups is 1. The third kappa shape index (κ3) is 5.23. The Hall–Kier alpha value is -2.09. The zero-order valence-corrected chi connectivity index (χ0v) is 15.7. The van der Waals surface area contributed by atoms with E-state index in [1.165, 1.54) is 0 Å². The van der Waals surface area contributed by atoms with E-state index in [-0.39, 0.29) is 5.91 Å². The lowest BCUT2D eigenvalue weighted by atomic mass is 10.2. The van der Waals surface area contributed by atoms with E-state index in [0.29, 0.717) is 30.3 Å². The molecule has 0 saturated heterocycles. The average molecular weight is 438 g/mol. The Morgan fingerprint density at radius 1 is 1.08 bits per heavy atom. The fraction of sp³-hybridized carbons (Fsp3) is 0.222. The van der Waals surface area contributed by atoms with Gasteiger partial charge in [0.2, 0.25) is 0 Å². The Morgan fingerprint density at radius 2 is 1.75 bits per heavy atom. The number of carbonyl (C=O) groups excluding carboxylic acids is 1. The van der Waals surface area contributed by atoms with Crippen molar-refractivity contribution in [3.63, 3.8) is 0 Å². The zero-order chi connectivity index (χ0) is 17.4. The van der Waals surface area contributed by atoms with E-state index in [0.717, 1.165) is 9.13 Å². The number of ether oxygens (including phenoxy) is 2. The van der Waals surface area contributed by atoms with Gasteiger partial charge >= 0.3 is 0 Å². The van der Waals surface area contributed by atoms with Crippen LogP contribution in [0.25, 0.3) is 0 Å². The Morgan fingerprint density at radius 3 is 2.42 bits per heavy atom. The molecule has 0 spiro atoms. The zero-order valence-electron chi connectivity index (χ0n) is 13.6. The van der Waals surface area contributed by atoms with Gasteiger partial charge in [-0.3, -0.25) is 4.79 Å². The van der Waals surface area contributed by atoms with E-state index >= 15 is 0 Å². The second-order valence-electron chi connectivity index (χ2n) is 4.78. The second kappa shape index (κ2) is 9.27. The molecule has 2 aromatic carbocycles. The molecule has 6 heteroatoms. The smallest absolute Gasteiger partial charge is 0.271 e. The molecule has 0 aliphatic rings. The van der Waals surface area contributed by atoms with E-state index in [2.05, 4.69) is 33.1 Å². The highest BCUT2D eigenvalue weighted by Gasteiger charge is 2.06. The van der Waals surface area contributed by atoms with Gasteiger partial charge in [-0.15, -0.1) is 0 Å². The molecule has 0 aromatic heterocycles. The maximum Gasteiger partial charge on any atom is 0.271 e. The summed E-state index contributed by atoms with van der Waals surface area (Å²) in [5, 5.41) is 3.99. The lowest BCUT2D eigenvalue weighted by molar-refractivity contribution is 0.0955. The number of nitrogens with one attached hydrogen (secondary N) is 1. The van der Waals surface area contributed by atoms with Gasteiger partial charge in [0.15, 0.2) is 11.5 Å². The monoisotopic (exact) mass is 438 g/mol. The molecule has 0 radical (unpaired) electrons. The quantitative estimate of drug-likeness (QED) is 0.406. The first-order chi connectivity index (χ1) is 11.6. The summed E-state index contributed by atoms with van der Waals surface area (Å²) in [5.74, 6) is 1.10. The molecule has 0 saturated carbocycles. The number of hydrogen-bond acceptors (Lipinski definition) is 4. The molecular weight excluding hydrogens is 419 g/mol. The summed E-state index contributed by atoms with van der Waals surface area (Å²) in [6.07, 6.45) is 1.57. The first kappa shape index (κ1) is 18.3. The minimum absolute atomic E-state index is 0.251. The number of halogens is 1. The van der Waals surface area contributed by atoms with Crippen LogP contribution < -0.4 is 14.9 Å². The molecule has 0 heterocycles. The lowest BCUT2D eigenvalue weighted by Gasteiger charge is -2.11. The highest BCUT2D eigenvalue weighted by Crippen LogP contribution is 2.27. The number of benzene rings is 2. The van der Waals surface area contributed by atoms with Crippen molar-refractivity contribution in [1.29, 1.82) is 0 Å². The van der Waals surface area contributed by atoms with Gasteiger partial charge in [-0.05, 0) is 84.5 Å². The fourth-order valence-electron chi connectivity index (χ4n) is 1.98. The standard InChI is InChI=1S/C18H19IN2O3/c1-3-23-16-10-5-13(11-17(16)24-4-2)12-20-21-18(22)14-6-8-15(19)9-7-14/h5-12H,3-4H2,1-2H3,(H,21,22)/b20-12-. The van der Waals surface area contributed by atoms with Crippen LogP contribution in [0.1, 0.15) is 29.8 Å². The highest BCUT2D eigenvalue weighted by molar-refractivity contribution is 14.1. The van der Waals surface area contributed by atoms with Gasteiger partial charge in [-0.1, -0.05) is 0 Å². The fourth-order valence-corrected chi connectivity index (χ4v) is 2.34. The van der Waals surface area contributed by atoms with Gasteiger partial charge in [-0.2, -0.15) is 5.10 Å². The van der Waals surface area contributed by atoms with Crippen molar-refractivity contribution in [2.24, 2.45) is 5.10 Å². The number of hydrogen-bond donors (Lipinski definition) is 1. The van der Waals surface area contributed by atoms with Crippen LogP contribution in [0.15, 0.2) is 47.6 Å². The van der Waals surface area contributed by atoms with Crippen LogP contribution in [0.3, 0.4) is 0 Å². The number of carbonyl (C=O) groups is 1. The van der Waals surface area contributed by atoms with E-state index in [4.69, 9.17) is 9.47 Å². The van der Waals surface area contributed by atoms with Crippen LogP contribution in [0.5, 0.6) is 11.5 Å². The molecule has 0 unspecified atom stereocenters. The van der Waals surface area contributed by atoms with Crippen molar-refractivity contribution in [1.82, 2.24) is 5.43 Å². The van der Waals surface area contributed by atoms with Crippen molar-refractivity contribution in [2.75, 3.05) is 13.2 Å². The van der Waals surface area contributed by atoms with Crippen molar-refractivity contribution in [2.45, 2.75) is 13.8 Å². The molecule has 0 fully saturated rings. The van der Waals surface area contributed by atoms with E-state index in [1.54, 1.807) is 18.3 Å². The summed E-state index contributed by atoms with van der Waals surface area (Å²) >= 11 is 2.19. The summed E-state index contributed by atoms with van der Waals surface area (Å²) in [6, 6.07) is 12.8. The molecule has 2 rings (SSSR count). The molecule has 0 bridgehead atoms. The van der Waals surface area contributed by atoms with Crippen molar-refractivity contribution >= 4 is 34.7 Å². The van der Waals surface area contributed by atoms with Crippen LogP contribution in [0, 0.1) is 3.57 Å². The minimum atomic E-state index is -0.251. The predicted octanol–water partition coefficient (Wildman–Crippen LogP) is 3.85.